The lowest BCUT2D eigenvalue weighted by Crippen LogP contribution is -2.36. The summed E-state index contributed by atoms with van der Waals surface area (Å²) in [6.07, 6.45) is 0. The Morgan fingerprint density at radius 3 is 2.79 bits per heavy atom. The molecule has 0 aliphatic carbocycles. The maximum absolute atomic E-state index is 6.07. The Labute approximate surface area is 116 Å². The number of hydrogen-bond acceptors (Lipinski definition) is 5. The zero-order valence-corrected chi connectivity index (χ0v) is 11.8. The molecule has 5 heteroatoms. The van der Waals surface area contributed by atoms with Crippen LogP contribution in [0.15, 0.2) is 34.6 Å². The van der Waals surface area contributed by atoms with Gasteiger partial charge in [0.1, 0.15) is 11.0 Å². The normalized spacial score (nSPS) is 18.7. The SMILES string of the molecule is Cc1csc(C2CN=C(N)N2c2ccccc2C)n1. The van der Waals surface area contributed by atoms with Crippen LogP contribution in [0.25, 0.3) is 0 Å². The minimum atomic E-state index is 0.125. The summed E-state index contributed by atoms with van der Waals surface area (Å²) >= 11 is 1.67. The largest absolute Gasteiger partial charge is 0.369 e. The molecule has 98 valence electrons. The number of anilines is 1. The standard InChI is InChI=1S/C14H16N4S/c1-9-5-3-4-6-11(9)18-12(7-16-14(18)15)13-17-10(2)8-19-13/h3-6,8,12H,7H2,1-2H3,(H2,15,16). The van der Waals surface area contributed by atoms with Crippen molar-refractivity contribution in [2.24, 2.45) is 10.7 Å². The van der Waals surface area contributed by atoms with Crippen molar-refractivity contribution in [3.8, 4) is 0 Å². The van der Waals surface area contributed by atoms with Gasteiger partial charge in [0.2, 0.25) is 0 Å². The summed E-state index contributed by atoms with van der Waals surface area (Å²) in [4.78, 5) is 11.1. The van der Waals surface area contributed by atoms with Gasteiger partial charge in [-0.15, -0.1) is 11.3 Å². The van der Waals surface area contributed by atoms with Crippen LogP contribution >= 0.6 is 11.3 Å². The predicted molar refractivity (Wildman–Crippen MR) is 79.7 cm³/mol. The fraction of sp³-hybridized carbons (Fsp3) is 0.286. The number of hydrogen-bond donors (Lipinski definition) is 1. The van der Waals surface area contributed by atoms with Gasteiger partial charge < -0.3 is 10.6 Å². The van der Waals surface area contributed by atoms with Gasteiger partial charge >= 0.3 is 0 Å². The number of rotatable bonds is 2. The lowest BCUT2D eigenvalue weighted by atomic mass is 10.1. The maximum atomic E-state index is 6.07. The molecule has 0 bridgehead atoms. The summed E-state index contributed by atoms with van der Waals surface area (Å²) in [5.74, 6) is 0.576. The van der Waals surface area contributed by atoms with Crippen LogP contribution in [0, 0.1) is 13.8 Å². The number of aliphatic imine (C=N–C) groups is 1. The van der Waals surface area contributed by atoms with E-state index in [1.54, 1.807) is 11.3 Å². The lowest BCUT2D eigenvalue weighted by molar-refractivity contribution is 0.756. The molecule has 4 nitrogen and oxygen atoms in total. The lowest BCUT2D eigenvalue weighted by Gasteiger charge is -2.26. The second-order valence-electron chi connectivity index (χ2n) is 4.70. The summed E-state index contributed by atoms with van der Waals surface area (Å²) < 4.78 is 0. The highest BCUT2D eigenvalue weighted by atomic mass is 32.1. The van der Waals surface area contributed by atoms with E-state index in [1.807, 2.05) is 19.1 Å². The number of aryl methyl sites for hydroxylation is 2. The van der Waals surface area contributed by atoms with Gasteiger partial charge in [-0.05, 0) is 25.5 Å². The van der Waals surface area contributed by atoms with Crippen LogP contribution in [0.1, 0.15) is 22.3 Å². The van der Waals surface area contributed by atoms with Gasteiger partial charge in [0.05, 0.1) is 6.54 Å². The highest BCUT2D eigenvalue weighted by Crippen LogP contribution is 2.34. The summed E-state index contributed by atoms with van der Waals surface area (Å²) in [6, 6.07) is 8.35. The van der Waals surface area contributed by atoms with Crippen molar-refractivity contribution in [3.63, 3.8) is 0 Å². The number of thiazole rings is 1. The van der Waals surface area contributed by atoms with Crippen molar-refractivity contribution in [3.05, 3.63) is 45.9 Å². The van der Waals surface area contributed by atoms with E-state index >= 15 is 0 Å². The fourth-order valence-corrected chi connectivity index (χ4v) is 3.21. The molecule has 0 fully saturated rings. The van der Waals surface area contributed by atoms with Gasteiger partial charge in [-0.25, -0.2) is 4.98 Å². The molecule has 1 aromatic heterocycles. The van der Waals surface area contributed by atoms with Crippen molar-refractivity contribution in [2.45, 2.75) is 19.9 Å². The van der Waals surface area contributed by atoms with Gasteiger partial charge in [0.15, 0.2) is 5.96 Å². The molecule has 0 saturated carbocycles. The van der Waals surface area contributed by atoms with Gasteiger partial charge in [-0.3, -0.25) is 4.99 Å². The molecular weight excluding hydrogens is 256 g/mol. The predicted octanol–water partition coefficient (Wildman–Crippen LogP) is 2.64. The van der Waals surface area contributed by atoms with Crippen LogP contribution in [0.5, 0.6) is 0 Å². The first kappa shape index (κ1) is 12.2. The molecule has 2 N–H and O–H groups in total. The summed E-state index contributed by atoms with van der Waals surface area (Å²) in [5, 5.41) is 3.14. The Morgan fingerprint density at radius 1 is 1.32 bits per heavy atom. The zero-order chi connectivity index (χ0) is 13.4. The Balaban J connectivity index is 2.02. The van der Waals surface area contributed by atoms with Crippen LogP contribution in [-0.2, 0) is 0 Å². The number of nitrogens with zero attached hydrogens (tertiary/aromatic N) is 3. The topological polar surface area (TPSA) is 54.5 Å². The van der Waals surface area contributed by atoms with Crippen LogP contribution in [0.2, 0.25) is 0 Å². The Hall–Kier alpha value is -1.88. The minimum Gasteiger partial charge on any atom is -0.369 e. The van der Waals surface area contributed by atoms with Gasteiger partial charge in [-0.2, -0.15) is 0 Å². The first-order chi connectivity index (χ1) is 9.16. The van der Waals surface area contributed by atoms with Crippen LogP contribution in [-0.4, -0.2) is 17.5 Å². The number of guanidine groups is 1. The Morgan fingerprint density at radius 2 is 2.11 bits per heavy atom. The van der Waals surface area contributed by atoms with E-state index in [1.165, 1.54) is 5.56 Å². The van der Waals surface area contributed by atoms with E-state index in [2.05, 4.69) is 39.3 Å². The first-order valence-corrected chi connectivity index (χ1v) is 7.11. The molecule has 1 atom stereocenters. The average Bonchev–Trinajstić information content (AvgIpc) is 2.96. The minimum absolute atomic E-state index is 0.125. The summed E-state index contributed by atoms with van der Waals surface area (Å²) in [5.41, 5.74) is 9.42. The highest BCUT2D eigenvalue weighted by Gasteiger charge is 2.31. The third-order valence-electron chi connectivity index (χ3n) is 3.28. The third-order valence-corrected chi connectivity index (χ3v) is 4.35. The number of para-hydroxylation sites is 1. The smallest absolute Gasteiger partial charge is 0.196 e. The Bertz CT molecular complexity index is 632. The highest BCUT2D eigenvalue weighted by molar-refractivity contribution is 7.09. The molecule has 1 aliphatic rings. The van der Waals surface area contributed by atoms with Crippen LogP contribution in [0.3, 0.4) is 0 Å². The monoisotopic (exact) mass is 272 g/mol. The molecule has 1 aromatic carbocycles. The fourth-order valence-electron chi connectivity index (χ4n) is 2.34. The van der Waals surface area contributed by atoms with E-state index in [-0.39, 0.29) is 6.04 Å². The number of benzene rings is 1. The molecule has 1 unspecified atom stereocenters. The van der Waals surface area contributed by atoms with E-state index in [4.69, 9.17) is 5.73 Å². The van der Waals surface area contributed by atoms with E-state index in [0.29, 0.717) is 12.5 Å². The van der Waals surface area contributed by atoms with Crippen molar-refractivity contribution in [2.75, 3.05) is 11.4 Å². The zero-order valence-electron chi connectivity index (χ0n) is 11.0. The average molecular weight is 272 g/mol. The summed E-state index contributed by atoms with van der Waals surface area (Å²) in [7, 11) is 0. The second kappa shape index (κ2) is 4.66. The number of aromatic nitrogens is 1. The van der Waals surface area contributed by atoms with Crippen LogP contribution < -0.4 is 10.6 Å². The molecule has 0 radical (unpaired) electrons. The molecule has 2 heterocycles. The van der Waals surface area contributed by atoms with Gasteiger partial charge in [0, 0.05) is 16.8 Å². The molecule has 0 amide bonds. The second-order valence-corrected chi connectivity index (χ2v) is 5.59. The van der Waals surface area contributed by atoms with E-state index in [0.717, 1.165) is 16.4 Å². The number of nitrogens with two attached hydrogens (primary N) is 1. The van der Waals surface area contributed by atoms with Crippen LogP contribution in [0.4, 0.5) is 5.69 Å². The molecule has 19 heavy (non-hydrogen) atoms. The Kier molecular flexibility index (Phi) is 2.98. The molecule has 2 aromatic rings. The van der Waals surface area contributed by atoms with Crippen molar-refractivity contribution in [1.29, 1.82) is 0 Å². The molecule has 3 rings (SSSR count). The third kappa shape index (κ3) is 2.10. The molecule has 0 spiro atoms. The first-order valence-electron chi connectivity index (χ1n) is 6.23. The van der Waals surface area contributed by atoms with Crippen molar-refractivity contribution >= 4 is 23.0 Å². The van der Waals surface area contributed by atoms with Gasteiger partial charge in [-0.1, -0.05) is 18.2 Å². The molecular formula is C14H16N4S. The molecule has 0 saturated heterocycles. The summed E-state index contributed by atoms with van der Waals surface area (Å²) in [6.45, 7) is 4.77. The molecule has 1 aliphatic heterocycles. The van der Waals surface area contributed by atoms with E-state index in [9.17, 15) is 0 Å². The van der Waals surface area contributed by atoms with Gasteiger partial charge in [0.25, 0.3) is 0 Å². The van der Waals surface area contributed by atoms with Crippen molar-refractivity contribution in [1.82, 2.24) is 4.98 Å². The maximum Gasteiger partial charge on any atom is 0.196 e. The van der Waals surface area contributed by atoms with E-state index < -0.39 is 0 Å². The quantitative estimate of drug-likeness (QED) is 0.914. The van der Waals surface area contributed by atoms with Crippen molar-refractivity contribution < 1.29 is 0 Å².